The van der Waals surface area contributed by atoms with Crippen LogP contribution in [0.2, 0.25) is 0 Å². The molecule has 0 saturated carbocycles. The predicted octanol–water partition coefficient (Wildman–Crippen LogP) is 3.89. The fourth-order valence-electron chi connectivity index (χ4n) is 2.36. The van der Waals surface area contributed by atoms with E-state index in [9.17, 15) is 0 Å². The van der Waals surface area contributed by atoms with Crippen LogP contribution in [0.4, 0.5) is 0 Å². The van der Waals surface area contributed by atoms with Crippen LogP contribution in [0.25, 0.3) is 0 Å². The molecule has 0 aliphatic rings. The molecule has 0 aliphatic carbocycles. The third-order valence-electron chi connectivity index (χ3n) is 3.80. The molecule has 1 aromatic rings. The van der Waals surface area contributed by atoms with Gasteiger partial charge in [-0.15, -0.1) is 0 Å². The first-order valence-electron chi connectivity index (χ1n) is 7.15. The van der Waals surface area contributed by atoms with Gasteiger partial charge < -0.3 is 5.73 Å². The van der Waals surface area contributed by atoms with E-state index in [1.54, 1.807) is 11.3 Å². The van der Waals surface area contributed by atoms with Crippen LogP contribution in [0, 0.1) is 5.92 Å². The lowest BCUT2D eigenvalue weighted by Crippen LogP contribution is -2.42. The van der Waals surface area contributed by atoms with Crippen molar-refractivity contribution in [2.24, 2.45) is 11.7 Å². The zero-order valence-electron chi connectivity index (χ0n) is 12.2. The average Bonchev–Trinajstić information content (AvgIpc) is 2.90. The second-order valence-electron chi connectivity index (χ2n) is 5.17. The lowest BCUT2D eigenvalue weighted by atomic mass is 9.97. The molecule has 0 bridgehead atoms. The molecule has 0 amide bonds. The molecule has 0 saturated heterocycles. The maximum Gasteiger partial charge on any atom is 0.0507 e. The molecule has 0 aliphatic heterocycles. The van der Waals surface area contributed by atoms with Crippen LogP contribution in [0.15, 0.2) is 16.8 Å². The van der Waals surface area contributed by atoms with Crippen LogP contribution in [0.1, 0.15) is 52.1 Å². The summed E-state index contributed by atoms with van der Waals surface area (Å²) in [5.41, 5.74) is 7.75. The van der Waals surface area contributed by atoms with Gasteiger partial charge in [0.15, 0.2) is 0 Å². The summed E-state index contributed by atoms with van der Waals surface area (Å²) in [5, 5.41) is 4.40. The van der Waals surface area contributed by atoms with Crippen LogP contribution in [0.3, 0.4) is 0 Å². The minimum Gasteiger partial charge on any atom is -0.326 e. The molecule has 2 N–H and O–H groups in total. The van der Waals surface area contributed by atoms with Crippen molar-refractivity contribution in [3.63, 3.8) is 0 Å². The number of hydrogen-bond donors (Lipinski definition) is 1. The Labute approximate surface area is 116 Å². The topological polar surface area (TPSA) is 29.3 Å². The highest BCUT2D eigenvalue weighted by atomic mass is 32.1. The van der Waals surface area contributed by atoms with Gasteiger partial charge in [-0.1, -0.05) is 34.1 Å². The van der Waals surface area contributed by atoms with Gasteiger partial charge in [0.2, 0.25) is 0 Å². The van der Waals surface area contributed by atoms with E-state index in [4.69, 9.17) is 5.73 Å². The summed E-state index contributed by atoms with van der Waals surface area (Å²) < 4.78 is 0. The number of thiophene rings is 1. The molecule has 0 aromatic carbocycles. The summed E-state index contributed by atoms with van der Waals surface area (Å²) in [4.78, 5) is 2.55. The Morgan fingerprint density at radius 3 is 2.44 bits per heavy atom. The Hall–Kier alpha value is -0.380. The summed E-state index contributed by atoms with van der Waals surface area (Å²) in [6.45, 7) is 11.2. The third-order valence-corrected chi connectivity index (χ3v) is 4.51. The molecule has 3 atom stereocenters. The van der Waals surface area contributed by atoms with Crippen molar-refractivity contribution >= 4 is 11.3 Å². The van der Waals surface area contributed by atoms with E-state index >= 15 is 0 Å². The highest BCUT2D eigenvalue weighted by Gasteiger charge is 2.25. The molecule has 0 fully saturated rings. The second-order valence-corrected chi connectivity index (χ2v) is 5.95. The van der Waals surface area contributed by atoms with Gasteiger partial charge in [-0.3, -0.25) is 4.90 Å². The fourth-order valence-corrected chi connectivity index (χ4v) is 3.05. The second kappa shape index (κ2) is 7.93. The predicted molar refractivity (Wildman–Crippen MR) is 82.0 cm³/mol. The Balaban J connectivity index is 2.86. The third kappa shape index (κ3) is 4.08. The standard InChI is InChI=1S/C15H28N2S/c1-5-12(4)10-17(7-3)15(14(16)6-2)13-8-9-18-11-13/h8-9,11-12,14-15H,5-7,10,16H2,1-4H3. The van der Waals surface area contributed by atoms with Crippen molar-refractivity contribution in [1.29, 1.82) is 0 Å². The lowest BCUT2D eigenvalue weighted by molar-refractivity contribution is 0.154. The van der Waals surface area contributed by atoms with Gasteiger partial charge in [0.05, 0.1) is 6.04 Å². The van der Waals surface area contributed by atoms with E-state index in [-0.39, 0.29) is 6.04 Å². The van der Waals surface area contributed by atoms with Crippen LogP contribution >= 0.6 is 11.3 Å². The molecule has 18 heavy (non-hydrogen) atoms. The molecule has 2 nitrogen and oxygen atoms in total. The smallest absolute Gasteiger partial charge is 0.0507 e. The minimum atomic E-state index is 0.226. The summed E-state index contributed by atoms with van der Waals surface area (Å²) in [5.74, 6) is 0.732. The Bertz CT molecular complexity index is 310. The maximum absolute atomic E-state index is 6.37. The quantitative estimate of drug-likeness (QED) is 0.775. The maximum atomic E-state index is 6.37. The van der Waals surface area contributed by atoms with E-state index in [0.717, 1.165) is 25.4 Å². The summed E-state index contributed by atoms with van der Waals surface area (Å²) in [6, 6.07) is 2.83. The zero-order valence-corrected chi connectivity index (χ0v) is 13.0. The van der Waals surface area contributed by atoms with Gasteiger partial charge in [-0.2, -0.15) is 11.3 Å². The van der Waals surface area contributed by atoms with E-state index in [0.29, 0.717) is 6.04 Å². The average molecular weight is 268 g/mol. The van der Waals surface area contributed by atoms with Crippen LogP contribution in [-0.4, -0.2) is 24.0 Å². The van der Waals surface area contributed by atoms with Crippen LogP contribution < -0.4 is 5.73 Å². The number of hydrogen-bond acceptors (Lipinski definition) is 3. The van der Waals surface area contributed by atoms with Gasteiger partial charge in [0, 0.05) is 12.6 Å². The molecular weight excluding hydrogens is 240 g/mol. The van der Waals surface area contributed by atoms with Crippen molar-refractivity contribution in [3.05, 3.63) is 22.4 Å². The number of nitrogens with two attached hydrogens (primary N) is 1. The molecule has 1 aromatic heterocycles. The van der Waals surface area contributed by atoms with Gasteiger partial charge >= 0.3 is 0 Å². The fraction of sp³-hybridized carbons (Fsp3) is 0.733. The lowest BCUT2D eigenvalue weighted by Gasteiger charge is -2.36. The Morgan fingerprint density at radius 1 is 1.28 bits per heavy atom. The first kappa shape index (κ1) is 15.7. The summed E-state index contributed by atoms with van der Waals surface area (Å²) in [6.07, 6.45) is 2.26. The molecule has 1 heterocycles. The van der Waals surface area contributed by atoms with E-state index in [2.05, 4.69) is 49.4 Å². The van der Waals surface area contributed by atoms with Gasteiger partial charge in [-0.25, -0.2) is 0 Å². The molecule has 104 valence electrons. The highest BCUT2D eigenvalue weighted by Crippen LogP contribution is 2.27. The van der Waals surface area contributed by atoms with E-state index < -0.39 is 0 Å². The zero-order chi connectivity index (χ0) is 13.5. The van der Waals surface area contributed by atoms with Crippen molar-refractivity contribution in [3.8, 4) is 0 Å². The van der Waals surface area contributed by atoms with Gasteiger partial charge in [-0.05, 0) is 41.3 Å². The Kier molecular flexibility index (Phi) is 6.90. The highest BCUT2D eigenvalue weighted by molar-refractivity contribution is 7.07. The van der Waals surface area contributed by atoms with E-state index in [1.807, 2.05) is 0 Å². The molecular formula is C15H28N2S. The van der Waals surface area contributed by atoms with Crippen molar-refractivity contribution < 1.29 is 0 Å². The van der Waals surface area contributed by atoms with E-state index in [1.165, 1.54) is 12.0 Å². The van der Waals surface area contributed by atoms with Crippen LogP contribution in [0.5, 0.6) is 0 Å². The number of likely N-dealkylation sites (N-methyl/N-ethyl adjacent to an activating group) is 1. The molecule has 0 radical (unpaired) electrons. The minimum absolute atomic E-state index is 0.226. The van der Waals surface area contributed by atoms with Crippen LogP contribution in [-0.2, 0) is 0 Å². The molecule has 0 spiro atoms. The number of rotatable bonds is 8. The summed E-state index contributed by atoms with van der Waals surface area (Å²) in [7, 11) is 0. The SMILES string of the molecule is CCC(C)CN(CC)C(c1ccsc1)C(N)CC. The Morgan fingerprint density at radius 2 is 2.00 bits per heavy atom. The normalized spacial score (nSPS) is 16.8. The molecule has 1 rings (SSSR count). The van der Waals surface area contributed by atoms with Gasteiger partial charge in [0.1, 0.15) is 0 Å². The van der Waals surface area contributed by atoms with Crippen molar-refractivity contribution in [1.82, 2.24) is 4.90 Å². The molecule has 3 unspecified atom stereocenters. The first-order valence-corrected chi connectivity index (χ1v) is 8.09. The monoisotopic (exact) mass is 268 g/mol. The van der Waals surface area contributed by atoms with Crippen molar-refractivity contribution in [2.45, 2.75) is 52.6 Å². The number of nitrogens with zero attached hydrogens (tertiary/aromatic N) is 1. The largest absolute Gasteiger partial charge is 0.326 e. The van der Waals surface area contributed by atoms with Crippen molar-refractivity contribution in [2.75, 3.05) is 13.1 Å². The summed E-state index contributed by atoms with van der Waals surface area (Å²) >= 11 is 1.77. The first-order chi connectivity index (χ1) is 8.63. The van der Waals surface area contributed by atoms with Gasteiger partial charge in [0.25, 0.3) is 0 Å². The molecule has 3 heteroatoms.